The van der Waals surface area contributed by atoms with Crippen LogP contribution in [0.25, 0.3) is 16.9 Å². The summed E-state index contributed by atoms with van der Waals surface area (Å²) in [6.45, 7) is 5.08. The van der Waals surface area contributed by atoms with Gasteiger partial charge in [-0.05, 0) is 25.5 Å². The highest BCUT2D eigenvalue weighted by Gasteiger charge is 2.14. The van der Waals surface area contributed by atoms with Gasteiger partial charge in [0.15, 0.2) is 0 Å². The van der Waals surface area contributed by atoms with E-state index >= 15 is 0 Å². The molecule has 108 valence electrons. The number of imidazole rings is 1. The van der Waals surface area contributed by atoms with E-state index < -0.39 is 0 Å². The minimum atomic E-state index is 0.845. The lowest BCUT2D eigenvalue weighted by molar-refractivity contribution is 0.867. The van der Waals surface area contributed by atoms with Crippen molar-refractivity contribution in [3.05, 3.63) is 42.5 Å². The molecule has 5 heteroatoms. The summed E-state index contributed by atoms with van der Waals surface area (Å²) in [7, 11) is 0. The van der Waals surface area contributed by atoms with Crippen molar-refractivity contribution in [1.29, 1.82) is 0 Å². The van der Waals surface area contributed by atoms with E-state index in [1.54, 1.807) is 6.33 Å². The summed E-state index contributed by atoms with van der Waals surface area (Å²) in [6.07, 6.45) is 5.43. The van der Waals surface area contributed by atoms with Gasteiger partial charge in [-0.3, -0.25) is 4.57 Å². The Morgan fingerprint density at radius 3 is 2.76 bits per heavy atom. The van der Waals surface area contributed by atoms with Crippen LogP contribution in [0.5, 0.6) is 0 Å². The summed E-state index contributed by atoms with van der Waals surface area (Å²) in [5.74, 6) is 1.83. The second-order valence-corrected chi connectivity index (χ2v) is 4.91. The van der Waals surface area contributed by atoms with Gasteiger partial charge in [0.05, 0.1) is 11.0 Å². The number of anilines is 1. The van der Waals surface area contributed by atoms with E-state index in [9.17, 15) is 0 Å². The molecule has 2 aromatic heterocycles. The second kappa shape index (κ2) is 5.91. The Morgan fingerprint density at radius 1 is 1.10 bits per heavy atom. The summed E-state index contributed by atoms with van der Waals surface area (Å²) in [5, 5.41) is 3.33. The highest BCUT2D eigenvalue weighted by Crippen LogP contribution is 2.24. The first-order chi connectivity index (χ1) is 10.3. The van der Waals surface area contributed by atoms with E-state index in [0.717, 1.165) is 47.6 Å². The second-order valence-electron chi connectivity index (χ2n) is 4.91. The van der Waals surface area contributed by atoms with Crippen molar-refractivity contribution in [2.75, 3.05) is 11.9 Å². The Hall–Kier alpha value is -2.43. The van der Waals surface area contributed by atoms with Crippen molar-refractivity contribution < 1.29 is 0 Å². The van der Waals surface area contributed by atoms with Crippen LogP contribution in [0.2, 0.25) is 0 Å². The molecular formula is C16H19N5. The predicted molar refractivity (Wildman–Crippen MR) is 84.8 cm³/mol. The van der Waals surface area contributed by atoms with Crippen LogP contribution in [-0.2, 0) is 6.42 Å². The van der Waals surface area contributed by atoms with Gasteiger partial charge in [0.2, 0.25) is 0 Å². The summed E-state index contributed by atoms with van der Waals surface area (Å²) < 4.78 is 2.04. The van der Waals surface area contributed by atoms with Gasteiger partial charge in [0, 0.05) is 12.1 Å². The normalized spacial score (nSPS) is 11.0. The third-order valence-corrected chi connectivity index (χ3v) is 3.45. The maximum atomic E-state index is 4.50. The summed E-state index contributed by atoms with van der Waals surface area (Å²) in [5.41, 5.74) is 3.18. The number of nitrogens with one attached hydrogen (secondary N) is 1. The maximum Gasteiger partial charge on any atom is 0.147 e. The third kappa shape index (κ3) is 2.46. The molecule has 0 saturated heterocycles. The number of hydrogen-bond acceptors (Lipinski definition) is 4. The van der Waals surface area contributed by atoms with Crippen molar-refractivity contribution >= 4 is 16.9 Å². The minimum Gasteiger partial charge on any atom is -0.370 e. The zero-order valence-electron chi connectivity index (χ0n) is 12.4. The molecular weight excluding hydrogens is 262 g/mol. The molecule has 1 N–H and O–H groups in total. The van der Waals surface area contributed by atoms with E-state index in [1.807, 2.05) is 29.1 Å². The molecule has 0 amide bonds. The van der Waals surface area contributed by atoms with E-state index in [4.69, 9.17) is 0 Å². The number of aromatic nitrogens is 4. The van der Waals surface area contributed by atoms with E-state index in [-0.39, 0.29) is 0 Å². The standard InChI is InChI=1S/C16H19N5/c1-3-7-12-15(17-4-2)18-10-19-16(12)21-11-20-13-8-5-6-9-14(13)21/h5-6,8-11H,3-4,7H2,1-2H3,(H,17,18,19). The molecule has 0 fully saturated rings. The van der Waals surface area contributed by atoms with Crippen LogP contribution < -0.4 is 5.32 Å². The van der Waals surface area contributed by atoms with Crippen molar-refractivity contribution in [2.45, 2.75) is 26.7 Å². The van der Waals surface area contributed by atoms with Gasteiger partial charge in [-0.15, -0.1) is 0 Å². The Bertz CT molecular complexity index is 747. The fourth-order valence-electron chi connectivity index (χ4n) is 2.54. The molecule has 3 aromatic rings. The van der Waals surface area contributed by atoms with Crippen molar-refractivity contribution in [1.82, 2.24) is 19.5 Å². The molecule has 0 bridgehead atoms. The number of rotatable bonds is 5. The van der Waals surface area contributed by atoms with Crippen molar-refractivity contribution in [3.63, 3.8) is 0 Å². The molecule has 0 spiro atoms. The van der Waals surface area contributed by atoms with Gasteiger partial charge in [0.25, 0.3) is 0 Å². The van der Waals surface area contributed by atoms with Gasteiger partial charge in [-0.2, -0.15) is 0 Å². The fourth-order valence-corrected chi connectivity index (χ4v) is 2.54. The molecule has 0 aliphatic heterocycles. The van der Waals surface area contributed by atoms with Gasteiger partial charge in [0.1, 0.15) is 24.3 Å². The number of fused-ring (bicyclic) bond motifs is 1. The molecule has 3 rings (SSSR count). The molecule has 1 aromatic carbocycles. The van der Waals surface area contributed by atoms with Crippen LogP contribution >= 0.6 is 0 Å². The topological polar surface area (TPSA) is 55.6 Å². The summed E-state index contributed by atoms with van der Waals surface area (Å²) >= 11 is 0. The van der Waals surface area contributed by atoms with Crippen LogP contribution in [0.3, 0.4) is 0 Å². The van der Waals surface area contributed by atoms with E-state index in [0.29, 0.717) is 0 Å². The molecule has 21 heavy (non-hydrogen) atoms. The lowest BCUT2D eigenvalue weighted by atomic mass is 10.1. The minimum absolute atomic E-state index is 0.845. The maximum absolute atomic E-state index is 4.50. The Kier molecular flexibility index (Phi) is 3.81. The lowest BCUT2D eigenvalue weighted by Gasteiger charge is -2.14. The summed E-state index contributed by atoms with van der Waals surface area (Å²) in [4.78, 5) is 13.3. The Morgan fingerprint density at radius 2 is 1.95 bits per heavy atom. The quantitative estimate of drug-likeness (QED) is 0.780. The van der Waals surface area contributed by atoms with Gasteiger partial charge < -0.3 is 5.32 Å². The molecule has 0 aliphatic rings. The third-order valence-electron chi connectivity index (χ3n) is 3.45. The molecule has 2 heterocycles. The van der Waals surface area contributed by atoms with Crippen molar-refractivity contribution in [2.24, 2.45) is 0 Å². The first-order valence-electron chi connectivity index (χ1n) is 7.35. The molecule has 0 unspecified atom stereocenters. The van der Waals surface area contributed by atoms with E-state index in [1.165, 1.54) is 0 Å². The SMILES string of the molecule is CCCc1c(NCC)ncnc1-n1cnc2ccccc21. The predicted octanol–water partition coefficient (Wildman–Crippen LogP) is 3.20. The van der Waals surface area contributed by atoms with Gasteiger partial charge in [-0.25, -0.2) is 15.0 Å². The Balaban J connectivity index is 2.19. The average molecular weight is 281 g/mol. The summed E-state index contributed by atoms with van der Waals surface area (Å²) in [6, 6.07) is 8.09. The highest BCUT2D eigenvalue weighted by molar-refractivity contribution is 5.77. The van der Waals surface area contributed by atoms with Crippen LogP contribution in [-0.4, -0.2) is 26.1 Å². The van der Waals surface area contributed by atoms with Crippen LogP contribution in [0.15, 0.2) is 36.9 Å². The van der Waals surface area contributed by atoms with Gasteiger partial charge in [-0.1, -0.05) is 25.5 Å². The first-order valence-corrected chi connectivity index (χ1v) is 7.35. The van der Waals surface area contributed by atoms with E-state index in [2.05, 4.69) is 40.2 Å². The Labute approximate surface area is 124 Å². The van der Waals surface area contributed by atoms with Crippen molar-refractivity contribution in [3.8, 4) is 5.82 Å². The average Bonchev–Trinajstić information content (AvgIpc) is 2.93. The first kappa shape index (κ1) is 13.5. The largest absolute Gasteiger partial charge is 0.370 e. The zero-order valence-corrected chi connectivity index (χ0v) is 12.4. The molecule has 0 radical (unpaired) electrons. The number of para-hydroxylation sites is 2. The monoisotopic (exact) mass is 281 g/mol. The molecule has 5 nitrogen and oxygen atoms in total. The van der Waals surface area contributed by atoms with Gasteiger partial charge >= 0.3 is 0 Å². The number of hydrogen-bond donors (Lipinski definition) is 1. The van der Waals surface area contributed by atoms with Crippen LogP contribution in [0.1, 0.15) is 25.8 Å². The van der Waals surface area contributed by atoms with Crippen LogP contribution in [0.4, 0.5) is 5.82 Å². The molecule has 0 atom stereocenters. The number of nitrogens with zero attached hydrogens (tertiary/aromatic N) is 4. The highest BCUT2D eigenvalue weighted by atomic mass is 15.1. The molecule has 0 aliphatic carbocycles. The number of benzene rings is 1. The zero-order chi connectivity index (χ0) is 14.7. The van der Waals surface area contributed by atoms with Crippen LogP contribution in [0, 0.1) is 0 Å². The smallest absolute Gasteiger partial charge is 0.147 e. The fraction of sp³-hybridized carbons (Fsp3) is 0.312. The lowest BCUT2D eigenvalue weighted by Crippen LogP contribution is -2.09. The molecule has 0 saturated carbocycles.